The molecule has 2 aliphatic rings. The van der Waals surface area contributed by atoms with Gasteiger partial charge in [0.25, 0.3) is 0 Å². The van der Waals surface area contributed by atoms with Gasteiger partial charge in [-0.25, -0.2) is 4.79 Å². The van der Waals surface area contributed by atoms with E-state index >= 15 is 0 Å². The molecule has 0 fully saturated rings. The second-order valence-corrected chi connectivity index (χ2v) is 17.8. The summed E-state index contributed by atoms with van der Waals surface area (Å²) in [6, 6.07) is 27.3. The van der Waals surface area contributed by atoms with Gasteiger partial charge in [0.2, 0.25) is 0 Å². The number of nitrogens with one attached hydrogen (secondary N) is 1. The zero-order valence-corrected chi connectivity index (χ0v) is 37.8. The average Bonchev–Trinajstić information content (AvgIpc) is 4.07. The molecule has 1 amide bonds. The molecule has 0 unspecified atom stereocenters. The fourth-order valence-electron chi connectivity index (χ4n) is 7.37. The maximum Gasteiger partial charge on any atom is 0.426 e. The van der Waals surface area contributed by atoms with Crippen molar-refractivity contribution in [1.29, 1.82) is 0 Å². The van der Waals surface area contributed by atoms with Crippen LogP contribution in [0.1, 0.15) is 51.4 Å². The second-order valence-electron chi connectivity index (χ2n) is 15.5. The van der Waals surface area contributed by atoms with E-state index in [0.717, 1.165) is 29.8 Å². The smallest absolute Gasteiger partial charge is 0.426 e. The molecule has 0 atom stereocenters. The maximum atomic E-state index is 13.7. The van der Waals surface area contributed by atoms with Gasteiger partial charge in [0, 0.05) is 50.8 Å². The molecule has 1 N–H and O–H groups in total. The number of anilines is 2. The van der Waals surface area contributed by atoms with Crippen LogP contribution in [-0.2, 0) is 43.1 Å². The summed E-state index contributed by atoms with van der Waals surface area (Å²) in [5.74, 6) is 2.04. The first-order valence-electron chi connectivity index (χ1n) is 19.9. The van der Waals surface area contributed by atoms with E-state index in [9.17, 15) is 31.1 Å². The number of thiophene rings is 2. The summed E-state index contributed by atoms with van der Waals surface area (Å²) in [5, 5.41) is 3.26. The van der Waals surface area contributed by atoms with Crippen LogP contribution in [0.4, 0.5) is 42.5 Å². The molecule has 8 nitrogen and oxygen atoms in total. The first-order valence-corrected chi connectivity index (χ1v) is 21.5. The Labute approximate surface area is 381 Å². The molecule has 4 heterocycles. The highest BCUT2D eigenvalue weighted by Crippen LogP contribution is 2.47. The van der Waals surface area contributed by atoms with Crippen LogP contribution in [0.25, 0.3) is 22.3 Å². The van der Waals surface area contributed by atoms with Crippen LogP contribution in [-0.4, -0.2) is 39.0 Å². The number of amides is 1. The largest absolute Gasteiger partial charge is 0.492 e. The van der Waals surface area contributed by atoms with Crippen LogP contribution in [0, 0.1) is 0 Å². The molecule has 0 saturated heterocycles. The summed E-state index contributed by atoms with van der Waals surface area (Å²) < 4.78 is 110. The zero-order valence-electron chi connectivity index (χ0n) is 35.4. The standard InChI is InChI=1S/C26H26F3NO4S.C21H18F3NO2S.ClH/c1-25(2,3)34-24(31)30-13-12-18-20(30)10-11-21(22(18)32-4)33-15-17-14-19(16-8-6-5-7-9-16)23(35-17)26(27,28)29;1-26-19-15-9-10-25-17(15)7-8-18(19)27-12-14-11-16(13-5-3-2-4-6-13)20(28-14)21(22,23)24;/h5-11,14H,12-13,15H2,1-4H3;2-8,11,25H,9-10,12H2,1H3;1H. The Morgan fingerprint density at radius 3 is 1.62 bits per heavy atom. The molecule has 2 aliphatic heterocycles. The summed E-state index contributed by atoms with van der Waals surface area (Å²) >= 11 is 1.38. The van der Waals surface area contributed by atoms with Crippen molar-refractivity contribution in [3.63, 3.8) is 0 Å². The lowest BCUT2D eigenvalue weighted by Crippen LogP contribution is -2.35. The number of hydrogen-bond acceptors (Lipinski definition) is 9. The summed E-state index contributed by atoms with van der Waals surface area (Å²) in [4.78, 5) is 13.8. The van der Waals surface area contributed by atoms with Crippen molar-refractivity contribution >= 4 is 52.5 Å². The van der Waals surface area contributed by atoms with Gasteiger partial charge in [-0.3, -0.25) is 4.90 Å². The van der Waals surface area contributed by atoms with Crippen LogP contribution < -0.4 is 29.2 Å². The number of halogens is 7. The highest BCUT2D eigenvalue weighted by Gasteiger charge is 2.38. The lowest BCUT2D eigenvalue weighted by molar-refractivity contribution is -0.134. The zero-order chi connectivity index (χ0) is 45.1. The fourth-order valence-corrected chi connectivity index (χ4v) is 9.29. The molecule has 0 saturated carbocycles. The van der Waals surface area contributed by atoms with E-state index in [0.29, 0.717) is 85.2 Å². The summed E-state index contributed by atoms with van der Waals surface area (Å²) in [7, 11) is 3.07. The number of carbonyl (C=O) groups is 1. The van der Waals surface area contributed by atoms with Gasteiger partial charge in [0.15, 0.2) is 23.0 Å². The first kappa shape index (κ1) is 47.9. The van der Waals surface area contributed by atoms with Gasteiger partial charge in [-0.05, 0) is 81.1 Å². The Kier molecular flexibility index (Phi) is 14.7. The van der Waals surface area contributed by atoms with Crippen LogP contribution in [0.15, 0.2) is 97.1 Å². The Morgan fingerprint density at radius 1 is 0.672 bits per heavy atom. The number of benzene rings is 4. The lowest BCUT2D eigenvalue weighted by atomic mass is 10.1. The highest BCUT2D eigenvalue weighted by atomic mass is 35.5. The monoisotopic (exact) mass is 946 g/mol. The normalized spacial score (nSPS) is 13.1. The SMILES string of the molecule is COc1c(OCc2cc(-c3ccccc3)c(C(F)(F)F)s2)ccc2c1CCN2.COc1c(OCc2cc(-c3ccccc3)c(C(F)(F)F)s2)ccc2c1CCN2C(=O)OC(C)(C)C.Cl. The fraction of sp³-hybridized carbons (Fsp3) is 0.298. The minimum Gasteiger partial charge on any atom is -0.492 e. The molecule has 17 heteroatoms. The van der Waals surface area contributed by atoms with Crippen LogP contribution in [0.2, 0.25) is 0 Å². The third kappa shape index (κ3) is 10.8. The molecular formula is C47H45ClF6N2O6S2. The number of rotatable bonds is 10. The number of alkyl halides is 6. The van der Waals surface area contributed by atoms with E-state index in [1.807, 2.05) is 6.07 Å². The van der Waals surface area contributed by atoms with Gasteiger partial charge in [-0.1, -0.05) is 60.7 Å². The quantitative estimate of drug-likeness (QED) is 0.137. The van der Waals surface area contributed by atoms with E-state index < -0.39 is 33.8 Å². The lowest BCUT2D eigenvalue weighted by Gasteiger charge is -2.25. The van der Waals surface area contributed by atoms with Crippen molar-refractivity contribution in [2.45, 2.75) is 64.8 Å². The third-order valence-corrected chi connectivity index (χ3v) is 12.3. The number of fused-ring (bicyclic) bond motifs is 2. The molecule has 64 heavy (non-hydrogen) atoms. The number of carbonyl (C=O) groups excluding carboxylic acids is 1. The van der Waals surface area contributed by atoms with Gasteiger partial charge < -0.3 is 29.0 Å². The second kappa shape index (κ2) is 19.7. The molecular weight excluding hydrogens is 902 g/mol. The third-order valence-electron chi connectivity index (χ3n) is 10.0. The molecule has 0 radical (unpaired) electrons. The minimum absolute atomic E-state index is 0. The van der Waals surface area contributed by atoms with Crippen molar-refractivity contribution in [1.82, 2.24) is 0 Å². The first-order chi connectivity index (χ1) is 29.9. The molecule has 8 rings (SSSR count). The topological polar surface area (TPSA) is 78.5 Å². The predicted octanol–water partition coefficient (Wildman–Crippen LogP) is 13.7. The van der Waals surface area contributed by atoms with Crippen molar-refractivity contribution in [2.24, 2.45) is 0 Å². The molecule has 2 aromatic heterocycles. The van der Waals surface area contributed by atoms with Crippen LogP contribution >= 0.6 is 35.1 Å². The number of ether oxygens (including phenoxy) is 5. The van der Waals surface area contributed by atoms with Crippen molar-refractivity contribution < 1.29 is 54.8 Å². The van der Waals surface area contributed by atoms with E-state index in [1.54, 1.807) is 118 Å². The van der Waals surface area contributed by atoms with E-state index in [-0.39, 0.29) is 36.7 Å². The number of hydrogen-bond donors (Lipinski definition) is 1. The molecule has 0 bridgehead atoms. The van der Waals surface area contributed by atoms with Crippen molar-refractivity contribution in [3.8, 4) is 45.3 Å². The van der Waals surface area contributed by atoms with E-state index in [1.165, 1.54) is 13.2 Å². The predicted molar refractivity (Wildman–Crippen MR) is 241 cm³/mol. The number of methoxy groups -OCH3 is 2. The highest BCUT2D eigenvalue weighted by molar-refractivity contribution is 7.13. The van der Waals surface area contributed by atoms with E-state index in [2.05, 4.69) is 5.32 Å². The Hall–Kier alpha value is -5.58. The van der Waals surface area contributed by atoms with Crippen LogP contribution in [0.5, 0.6) is 23.0 Å². The summed E-state index contributed by atoms with van der Waals surface area (Å²) in [6.07, 6.45) is -7.95. The van der Waals surface area contributed by atoms with Crippen molar-refractivity contribution in [3.05, 3.63) is 128 Å². The van der Waals surface area contributed by atoms with Crippen molar-refractivity contribution in [2.75, 3.05) is 37.5 Å². The molecule has 340 valence electrons. The molecule has 0 spiro atoms. The summed E-state index contributed by atoms with van der Waals surface area (Å²) in [5.41, 5.74) is 4.24. The minimum atomic E-state index is -4.47. The Balaban J connectivity index is 0.000000214. The van der Waals surface area contributed by atoms with Gasteiger partial charge in [0.1, 0.15) is 28.6 Å². The van der Waals surface area contributed by atoms with Gasteiger partial charge >= 0.3 is 18.4 Å². The van der Waals surface area contributed by atoms with E-state index in [4.69, 9.17) is 23.7 Å². The maximum absolute atomic E-state index is 13.7. The Bertz CT molecular complexity index is 2560. The van der Waals surface area contributed by atoms with Gasteiger partial charge in [-0.2, -0.15) is 26.3 Å². The average molecular weight is 947 g/mol. The summed E-state index contributed by atoms with van der Waals surface area (Å²) in [6.45, 7) is 6.67. The molecule has 6 aromatic rings. The number of nitrogens with zero attached hydrogens (tertiary/aromatic N) is 1. The van der Waals surface area contributed by atoms with Crippen LogP contribution in [0.3, 0.4) is 0 Å². The molecule has 0 aliphatic carbocycles. The van der Waals surface area contributed by atoms with Gasteiger partial charge in [-0.15, -0.1) is 35.1 Å². The molecule has 4 aromatic carbocycles. The Morgan fingerprint density at radius 2 is 1.16 bits per heavy atom. The van der Waals surface area contributed by atoms with Gasteiger partial charge in [0.05, 0.1) is 19.9 Å².